The fourth-order valence-corrected chi connectivity index (χ4v) is 4.89. The summed E-state index contributed by atoms with van der Waals surface area (Å²) in [6.07, 6.45) is 5.81. The van der Waals surface area contributed by atoms with E-state index in [1.54, 1.807) is 22.9 Å². The molecule has 4 aromatic rings. The highest BCUT2D eigenvalue weighted by Gasteiger charge is 2.26. The lowest BCUT2D eigenvalue weighted by Crippen LogP contribution is -2.30. The molecule has 0 aliphatic heterocycles. The number of methoxy groups -OCH3 is 2. The Kier molecular flexibility index (Phi) is 6.46. The van der Waals surface area contributed by atoms with E-state index in [0.29, 0.717) is 40.8 Å². The van der Waals surface area contributed by atoms with E-state index in [1.165, 1.54) is 19.8 Å². The molecule has 2 aromatic heterocycles. The molecule has 1 atom stereocenters. The molecular weight excluding hydrogens is 454 g/mol. The van der Waals surface area contributed by atoms with Crippen LogP contribution in [0.4, 0.5) is 0 Å². The van der Waals surface area contributed by atoms with Gasteiger partial charge in [-0.15, -0.1) is 0 Å². The molecule has 36 heavy (non-hydrogen) atoms. The minimum absolute atomic E-state index is 0.0685. The first kappa shape index (κ1) is 23.6. The van der Waals surface area contributed by atoms with Gasteiger partial charge in [-0.25, -0.2) is 0 Å². The second-order valence-electron chi connectivity index (χ2n) is 9.13. The fourth-order valence-electron chi connectivity index (χ4n) is 4.89. The van der Waals surface area contributed by atoms with Crippen LogP contribution in [0.2, 0.25) is 0 Å². The van der Waals surface area contributed by atoms with Gasteiger partial charge in [-0.05, 0) is 54.7 Å². The third-order valence-electron chi connectivity index (χ3n) is 6.85. The van der Waals surface area contributed by atoms with E-state index in [1.807, 2.05) is 37.4 Å². The molecule has 7 heteroatoms. The number of aryl methyl sites for hydroxylation is 4. The zero-order chi connectivity index (χ0) is 25.2. The number of nitrogens with one attached hydrogen (secondary N) is 1. The lowest BCUT2D eigenvalue weighted by Gasteiger charge is -2.18. The van der Waals surface area contributed by atoms with Crippen LogP contribution in [0.3, 0.4) is 0 Å². The van der Waals surface area contributed by atoms with Crippen LogP contribution in [0.5, 0.6) is 11.5 Å². The van der Waals surface area contributed by atoms with Crippen molar-refractivity contribution in [3.8, 4) is 11.5 Å². The van der Waals surface area contributed by atoms with Gasteiger partial charge in [-0.2, -0.15) is 0 Å². The summed E-state index contributed by atoms with van der Waals surface area (Å²) in [7, 11) is 3.06. The Morgan fingerprint density at radius 1 is 1.08 bits per heavy atom. The highest BCUT2D eigenvalue weighted by Crippen LogP contribution is 2.34. The molecule has 0 saturated heterocycles. The standard InChI is InChI=1S/C29H29N3O4/c1-18-8-10-20(30-16-18)12-13-32-17-24(22-14-26(35-2)27(36-3)15-23(22)29(32)34)28(33)31-25-11-9-19-6-4-5-7-21(19)25/h4-8,10,14-17,25H,9,11-13H2,1-3H3,(H,31,33). The molecule has 0 saturated carbocycles. The highest BCUT2D eigenvalue weighted by atomic mass is 16.5. The number of hydrogen-bond acceptors (Lipinski definition) is 5. The predicted molar refractivity (Wildman–Crippen MR) is 139 cm³/mol. The maximum absolute atomic E-state index is 13.6. The van der Waals surface area contributed by atoms with Crippen molar-refractivity contribution in [2.75, 3.05) is 14.2 Å². The molecule has 2 aromatic carbocycles. The van der Waals surface area contributed by atoms with E-state index in [9.17, 15) is 9.59 Å². The predicted octanol–water partition coefficient (Wildman–Crippen LogP) is 4.38. The molecule has 0 spiro atoms. The number of benzene rings is 2. The number of pyridine rings is 2. The van der Waals surface area contributed by atoms with Crippen LogP contribution in [0.25, 0.3) is 10.8 Å². The number of hydrogen-bond donors (Lipinski definition) is 1. The zero-order valence-electron chi connectivity index (χ0n) is 20.7. The molecule has 1 unspecified atom stereocenters. The summed E-state index contributed by atoms with van der Waals surface area (Å²) in [6.45, 7) is 2.38. The van der Waals surface area contributed by atoms with E-state index in [0.717, 1.165) is 29.7 Å². The molecule has 1 aliphatic rings. The van der Waals surface area contributed by atoms with Crippen molar-refractivity contribution >= 4 is 16.7 Å². The van der Waals surface area contributed by atoms with Gasteiger partial charge in [0.15, 0.2) is 11.5 Å². The second kappa shape index (κ2) is 9.85. The maximum atomic E-state index is 13.6. The molecule has 7 nitrogen and oxygen atoms in total. The third-order valence-corrected chi connectivity index (χ3v) is 6.85. The minimum atomic E-state index is -0.226. The number of fused-ring (bicyclic) bond motifs is 2. The molecular formula is C29H29N3O4. The summed E-state index contributed by atoms with van der Waals surface area (Å²) >= 11 is 0. The van der Waals surface area contributed by atoms with Crippen molar-refractivity contribution < 1.29 is 14.3 Å². The first-order valence-corrected chi connectivity index (χ1v) is 12.1. The molecule has 0 fully saturated rings. The van der Waals surface area contributed by atoms with E-state index >= 15 is 0 Å². The average molecular weight is 484 g/mol. The summed E-state index contributed by atoms with van der Waals surface area (Å²) in [4.78, 5) is 31.6. The fraction of sp³-hybridized carbons (Fsp3) is 0.276. The van der Waals surface area contributed by atoms with Gasteiger partial charge in [-0.1, -0.05) is 30.3 Å². The molecule has 0 radical (unpaired) electrons. The van der Waals surface area contributed by atoms with Crippen LogP contribution >= 0.6 is 0 Å². The van der Waals surface area contributed by atoms with Gasteiger partial charge < -0.3 is 19.4 Å². The Bertz CT molecular complexity index is 1490. The molecule has 184 valence electrons. The summed E-state index contributed by atoms with van der Waals surface area (Å²) in [5, 5.41) is 4.14. The normalized spacial score (nSPS) is 14.5. The Labute approximate surface area is 209 Å². The Morgan fingerprint density at radius 3 is 2.56 bits per heavy atom. The van der Waals surface area contributed by atoms with Gasteiger partial charge in [0, 0.05) is 36.4 Å². The minimum Gasteiger partial charge on any atom is -0.493 e. The Balaban J connectivity index is 1.55. The van der Waals surface area contributed by atoms with Crippen molar-refractivity contribution in [2.24, 2.45) is 0 Å². The van der Waals surface area contributed by atoms with Crippen LogP contribution in [0.1, 0.15) is 45.2 Å². The van der Waals surface area contributed by atoms with E-state index in [-0.39, 0.29) is 17.5 Å². The van der Waals surface area contributed by atoms with Gasteiger partial charge >= 0.3 is 0 Å². The molecule has 0 bridgehead atoms. The van der Waals surface area contributed by atoms with Crippen LogP contribution in [-0.4, -0.2) is 29.7 Å². The van der Waals surface area contributed by atoms with E-state index in [4.69, 9.17) is 9.47 Å². The molecule has 1 aliphatic carbocycles. The number of rotatable bonds is 7. The Hall–Kier alpha value is -4.13. The monoisotopic (exact) mass is 483 g/mol. The summed E-state index contributed by atoms with van der Waals surface area (Å²) in [5.74, 6) is 0.679. The first-order valence-electron chi connectivity index (χ1n) is 12.1. The van der Waals surface area contributed by atoms with Crippen LogP contribution in [0.15, 0.2) is 65.7 Å². The van der Waals surface area contributed by atoms with Gasteiger partial charge in [0.1, 0.15) is 0 Å². The van der Waals surface area contributed by atoms with Crippen molar-refractivity contribution in [1.82, 2.24) is 14.9 Å². The molecule has 2 heterocycles. The van der Waals surface area contributed by atoms with Gasteiger partial charge in [0.25, 0.3) is 11.5 Å². The van der Waals surface area contributed by atoms with Crippen molar-refractivity contribution in [3.63, 3.8) is 0 Å². The zero-order valence-corrected chi connectivity index (χ0v) is 20.7. The van der Waals surface area contributed by atoms with Gasteiger partial charge in [0.2, 0.25) is 0 Å². The second-order valence-corrected chi connectivity index (χ2v) is 9.13. The van der Waals surface area contributed by atoms with Crippen molar-refractivity contribution in [1.29, 1.82) is 0 Å². The largest absolute Gasteiger partial charge is 0.493 e. The van der Waals surface area contributed by atoms with Crippen LogP contribution in [-0.2, 0) is 19.4 Å². The van der Waals surface area contributed by atoms with Crippen LogP contribution in [0, 0.1) is 6.92 Å². The number of amides is 1. The number of aromatic nitrogens is 2. The SMILES string of the molecule is COc1cc2c(C(=O)NC3CCc4ccccc43)cn(CCc3ccc(C)cn3)c(=O)c2cc1OC. The smallest absolute Gasteiger partial charge is 0.258 e. The summed E-state index contributed by atoms with van der Waals surface area (Å²) in [6, 6.07) is 15.4. The summed E-state index contributed by atoms with van der Waals surface area (Å²) in [5.41, 5.74) is 4.60. The van der Waals surface area contributed by atoms with Crippen molar-refractivity contribution in [3.05, 3.63) is 99.2 Å². The lowest BCUT2D eigenvalue weighted by molar-refractivity contribution is 0.0937. The topological polar surface area (TPSA) is 82.5 Å². The van der Waals surface area contributed by atoms with Gasteiger partial charge in [-0.3, -0.25) is 14.6 Å². The molecule has 5 rings (SSSR count). The highest BCUT2D eigenvalue weighted by molar-refractivity contribution is 6.07. The average Bonchev–Trinajstić information content (AvgIpc) is 3.31. The third kappa shape index (κ3) is 4.44. The van der Waals surface area contributed by atoms with E-state index in [2.05, 4.69) is 22.4 Å². The molecule has 1 N–H and O–H groups in total. The first-order chi connectivity index (χ1) is 17.5. The number of nitrogens with zero attached hydrogens (tertiary/aromatic N) is 2. The molecule has 1 amide bonds. The number of carbonyl (C=O) groups is 1. The summed E-state index contributed by atoms with van der Waals surface area (Å²) < 4.78 is 12.5. The quantitative estimate of drug-likeness (QED) is 0.422. The number of ether oxygens (including phenoxy) is 2. The number of carbonyl (C=O) groups excluding carboxylic acids is 1. The van der Waals surface area contributed by atoms with Crippen molar-refractivity contribution in [2.45, 2.75) is 38.8 Å². The maximum Gasteiger partial charge on any atom is 0.258 e. The Morgan fingerprint density at radius 2 is 1.83 bits per heavy atom. The van der Waals surface area contributed by atoms with Crippen LogP contribution < -0.4 is 20.3 Å². The van der Waals surface area contributed by atoms with Gasteiger partial charge in [0.05, 0.1) is 31.2 Å². The van der Waals surface area contributed by atoms with E-state index < -0.39 is 0 Å². The lowest BCUT2D eigenvalue weighted by atomic mass is 10.0.